The van der Waals surface area contributed by atoms with Crippen LogP contribution in [0.1, 0.15) is 30.1 Å². The van der Waals surface area contributed by atoms with Crippen molar-refractivity contribution in [2.45, 2.75) is 25.3 Å². The Morgan fingerprint density at radius 1 is 1.19 bits per heavy atom. The van der Waals surface area contributed by atoms with Gasteiger partial charge >= 0.3 is 5.69 Å². The number of rotatable bonds is 4. The largest absolute Gasteiger partial charge is 0.345 e. The van der Waals surface area contributed by atoms with Crippen molar-refractivity contribution >= 4 is 33.2 Å². The van der Waals surface area contributed by atoms with Crippen molar-refractivity contribution in [2.24, 2.45) is 7.05 Å². The van der Waals surface area contributed by atoms with Crippen molar-refractivity contribution in [3.63, 3.8) is 0 Å². The van der Waals surface area contributed by atoms with Crippen molar-refractivity contribution in [2.75, 3.05) is 19.3 Å². The molecule has 3 rings (SSSR count). The van der Waals surface area contributed by atoms with Crippen LogP contribution in [0.4, 0.5) is 0 Å². The fourth-order valence-electron chi connectivity index (χ4n) is 3.22. The van der Waals surface area contributed by atoms with Crippen molar-refractivity contribution in [3.8, 4) is 0 Å². The van der Waals surface area contributed by atoms with Gasteiger partial charge in [0.25, 0.3) is 0 Å². The van der Waals surface area contributed by atoms with Crippen molar-refractivity contribution < 1.29 is 8.42 Å². The van der Waals surface area contributed by atoms with Gasteiger partial charge in [-0.3, -0.25) is 4.57 Å². The van der Waals surface area contributed by atoms with Crippen LogP contribution >= 0.6 is 23.2 Å². The lowest BCUT2D eigenvalue weighted by molar-refractivity contribution is 0.311. The predicted molar refractivity (Wildman–Crippen MR) is 101 cm³/mol. The molecular weight excluding hydrogens is 399 g/mol. The van der Waals surface area contributed by atoms with Gasteiger partial charge in [0.15, 0.2) is 0 Å². The van der Waals surface area contributed by atoms with Crippen LogP contribution in [-0.4, -0.2) is 46.4 Å². The van der Waals surface area contributed by atoms with Crippen LogP contribution in [0.2, 0.25) is 10.0 Å². The first-order valence-corrected chi connectivity index (χ1v) is 10.8. The summed E-state index contributed by atoms with van der Waals surface area (Å²) in [6, 6.07) is 5.21. The maximum Gasteiger partial charge on any atom is 0.345 e. The van der Waals surface area contributed by atoms with Crippen LogP contribution in [0, 0.1) is 0 Å². The fourth-order valence-corrected chi connectivity index (χ4v) is 4.41. The second kappa shape index (κ2) is 7.34. The highest BCUT2D eigenvalue weighted by Crippen LogP contribution is 2.27. The summed E-state index contributed by atoms with van der Waals surface area (Å²) in [4.78, 5) is 12.5. The molecule has 7 nitrogen and oxygen atoms in total. The van der Waals surface area contributed by atoms with Crippen molar-refractivity contribution in [3.05, 3.63) is 50.1 Å². The number of sulfonamides is 1. The molecule has 0 aliphatic carbocycles. The standard InChI is InChI=1S/C16H20Cl2N4O3S/c1-20-15(12-5-7-21(8-6-12)26(2,24)25)19-22(16(20)23)10-11-3-4-13(17)14(18)9-11/h3-4,9,12H,5-8,10H2,1-2H3. The molecule has 0 spiro atoms. The molecule has 0 amide bonds. The van der Waals surface area contributed by atoms with E-state index >= 15 is 0 Å². The summed E-state index contributed by atoms with van der Waals surface area (Å²) in [5.74, 6) is 0.740. The smallest absolute Gasteiger partial charge is 0.282 e. The maximum atomic E-state index is 12.5. The maximum absolute atomic E-state index is 12.5. The summed E-state index contributed by atoms with van der Waals surface area (Å²) >= 11 is 12.0. The topological polar surface area (TPSA) is 77.2 Å². The van der Waals surface area contributed by atoms with E-state index in [4.69, 9.17) is 23.2 Å². The molecule has 1 aliphatic rings. The molecule has 0 saturated carbocycles. The van der Waals surface area contributed by atoms with Gasteiger partial charge in [0.05, 0.1) is 22.8 Å². The molecule has 0 unspecified atom stereocenters. The van der Waals surface area contributed by atoms with Crippen LogP contribution in [-0.2, 0) is 23.6 Å². The molecule has 1 aromatic heterocycles. The second-order valence-corrected chi connectivity index (χ2v) is 9.34. The zero-order valence-electron chi connectivity index (χ0n) is 14.5. The quantitative estimate of drug-likeness (QED) is 0.761. The Balaban J connectivity index is 1.80. The van der Waals surface area contributed by atoms with Gasteiger partial charge in [0.2, 0.25) is 10.0 Å². The Labute approximate surface area is 162 Å². The minimum absolute atomic E-state index is 0.0563. The Kier molecular flexibility index (Phi) is 5.48. The highest BCUT2D eigenvalue weighted by Gasteiger charge is 2.29. The van der Waals surface area contributed by atoms with E-state index in [2.05, 4.69) is 5.10 Å². The van der Waals surface area contributed by atoms with Gasteiger partial charge in [0.1, 0.15) is 5.82 Å². The van der Waals surface area contributed by atoms with E-state index in [1.165, 1.54) is 19.8 Å². The molecular formula is C16H20Cl2N4O3S. The first-order valence-electron chi connectivity index (χ1n) is 8.19. The van der Waals surface area contributed by atoms with Gasteiger partial charge in [0, 0.05) is 26.1 Å². The molecule has 2 aromatic rings. The van der Waals surface area contributed by atoms with Crippen LogP contribution < -0.4 is 5.69 Å². The Bertz CT molecular complexity index is 976. The van der Waals surface area contributed by atoms with Gasteiger partial charge in [-0.05, 0) is 30.5 Å². The first kappa shape index (κ1) is 19.4. The summed E-state index contributed by atoms with van der Waals surface area (Å²) in [6.07, 6.45) is 2.50. The van der Waals surface area contributed by atoms with Crippen molar-refractivity contribution in [1.29, 1.82) is 0 Å². The lowest BCUT2D eigenvalue weighted by Crippen LogP contribution is -2.37. The van der Waals surface area contributed by atoms with Crippen LogP contribution in [0.5, 0.6) is 0 Å². The summed E-state index contributed by atoms with van der Waals surface area (Å²) in [7, 11) is -1.48. The highest BCUT2D eigenvalue weighted by atomic mass is 35.5. The Morgan fingerprint density at radius 3 is 2.42 bits per heavy atom. The van der Waals surface area contributed by atoms with E-state index in [0.717, 1.165) is 5.56 Å². The van der Waals surface area contributed by atoms with Crippen molar-refractivity contribution in [1.82, 2.24) is 18.7 Å². The fraction of sp³-hybridized carbons (Fsp3) is 0.500. The summed E-state index contributed by atoms with van der Waals surface area (Å²) < 4.78 is 27.7. The highest BCUT2D eigenvalue weighted by molar-refractivity contribution is 7.88. The minimum Gasteiger partial charge on any atom is -0.282 e. The molecule has 142 valence electrons. The van der Waals surface area contributed by atoms with Gasteiger partial charge < -0.3 is 0 Å². The monoisotopic (exact) mass is 418 g/mol. The third-order valence-corrected chi connectivity index (χ3v) is 6.72. The molecule has 1 aliphatic heterocycles. The average molecular weight is 419 g/mol. The molecule has 0 N–H and O–H groups in total. The van der Waals surface area contributed by atoms with E-state index in [1.807, 2.05) is 0 Å². The molecule has 10 heteroatoms. The van der Waals surface area contributed by atoms with E-state index in [1.54, 1.807) is 25.2 Å². The van der Waals surface area contributed by atoms with E-state index < -0.39 is 10.0 Å². The number of hydrogen-bond donors (Lipinski definition) is 0. The first-order chi connectivity index (χ1) is 12.2. The summed E-state index contributed by atoms with van der Waals surface area (Å²) in [5.41, 5.74) is 0.620. The number of hydrogen-bond acceptors (Lipinski definition) is 4. The third kappa shape index (κ3) is 3.98. The Morgan fingerprint density at radius 2 is 1.85 bits per heavy atom. The second-order valence-electron chi connectivity index (χ2n) is 6.54. The average Bonchev–Trinajstić information content (AvgIpc) is 2.86. The van der Waals surface area contributed by atoms with Gasteiger partial charge in [-0.2, -0.15) is 5.10 Å². The van der Waals surface area contributed by atoms with E-state index in [9.17, 15) is 13.2 Å². The normalized spacial score (nSPS) is 16.9. The zero-order valence-corrected chi connectivity index (χ0v) is 16.9. The number of piperidine rings is 1. The predicted octanol–water partition coefficient (Wildman–Crippen LogP) is 2.08. The molecule has 1 fully saturated rings. The number of halogens is 2. The number of benzene rings is 1. The van der Waals surface area contributed by atoms with E-state index in [-0.39, 0.29) is 11.6 Å². The van der Waals surface area contributed by atoms with Crippen LogP contribution in [0.25, 0.3) is 0 Å². The van der Waals surface area contributed by atoms with Crippen LogP contribution in [0.3, 0.4) is 0 Å². The molecule has 26 heavy (non-hydrogen) atoms. The summed E-state index contributed by atoms with van der Waals surface area (Å²) in [6.45, 7) is 1.18. The lowest BCUT2D eigenvalue weighted by Gasteiger charge is -2.29. The van der Waals surface area contributed by atoms with Gasteiger partial charge in [-0.25, -0.2) is 22.2 Å². The molecule has 1 saturated heterocycles. The number of aromatic nitrogens is 3. The Hall–Kier alpha value is -1.35. The van der Waals surface area contributed by atoms with Gasteiger partial charge in [-0.1, -0.05) is 29.3 Å². The van der Waals surface area contributed by atoms with Gasteiger partial charge in [-0.15, -0.1) is 0 Å². The third-order valence-electron chi connectivity index (χ3n) is 4.68. The SMILES string of the molecule is Cn1c(C2CCN(S(C)(=O)=O)CC2)nn(Cc2ccc(Cl)c(Cl)c2)c1=O. The lowest BCUT2D eigenvalue weighted by atomic mass is 9.97. The molecule has 1 aromatic carbocycles. The van der Waals surface area contributed by atoms with E-state index in [0.29, 0.717) is 48.3 Å². The molecule has 0 bridgehead atoms. The minimum atomic E-state index is -3.18. The zero-order chi connectivity index (χ0) is 19.1. The molecule has 0 atom stereocenters. The summed E-state index contributed by atoms with van der Waals surface area (Å²) in [5, 5.41) is 5.38. The molecule has 2 heterocycles. The number of nitrogens with zero attached hydrogens (tertiary/aromatic N) is 4. The molecule has 0 radical (unpaired) electrons. The van der Waals surface area contributed by atoms with Crippen LogP contribution in [0.15, 0.2) is 23.0 Å².